The average Bonchev–Trinajstić information content (AvgIpc) is 1.73. The summed E-state index contributed by atoms with van der Waals surface area (Å²) in [5.74, 6) is 0. The molecule has 1 rings (SSSR count). The Kier molecular flexibility index (Phi) is 2.39. The Hall–Kier alpha value is -0.250. The Labute approximate surface area is 76.7 Å². The van der Waals surface area contributed by atoms with Crippen molar-refractivity contribution in [3.63, 3.8) is 0 Å². The first-order valence-electron chi connectivity index (χ1n) is 4.52. The lowest BCUT2D eigenvalue weighted by Crippen LogP contribution is -2.66. The molecule has 1 aliphatic rings. The average molecular weight is 195 g/mol. The highest BCUT2D eigenvalue weighted by Gasteiger charge is 2.59. The van der Waals surface area contributed by atoms with Crippen LogP contribution >= 0.6 is 0 Å². The van der Waals surface area contributed by atoms with E-state index in [-0.39, 0.29) is 12.8 Å². The largest absolute Gasteiger partial charge is 0.406 e. The number of alkyl halides is 3. The van der Waals surface area contributed by atoms with E-state index in [4.69, 9.17) is 0 Å². The fourth-order valence-electron chi connectivity index (χ4n) is 1.73. The third-order valence-corrected chi connectivity index (χ3v) is 2.36. The van der Waals surface area contributed by atoms with Crippen LogP contribution < -0.4 is 5.32 Å². The summed E-state index contributed by atoms with van der Waals surface area (Å²) >= 11 is 0. The van der Waals surface area contributed by atoms with Crippen molar-refractivity contribution in [2.45, 2.75) is 57.3 Å². The molecule has 0 aromatic heterocycles. The lowest BCUT2D eigenvalue weighted by atomic mass is 9.74. The van der Waals surface area contributed by atoms with Gasteiger partial charge in [0.15, 0.2) is 0 Å². The molecule has 0 aromatic rings. The summed E-state index contributed by atoms with van der Waals surface area (Å²) in [4.78, 5) is 0. The molecule has 1 saturated carbocycles. The minimum atomic E-state index is -4.11. The van der Waals surface area contributed by atoms with Crippen molar-refractivity contribution >= 4 is 0 Å². The third kappa shape index (κ3) is 2.16. The van der Waals surface area contributed by atoms with Crippen LogP contribution in [0.1, 0.15) is 40.0 Å². The first-order valence-corrected chi connectivity index (χ1v) is 4.52. The SMILES string of the molecule is CC(C)(C)NC1(C(F)(F)F)CCC1. The first-order chi connectivity index (χ1) is 5.66. The Morgan fingerprint density at radius 2 is 1.54 bits per heavy atom. The summed E-state index contributed by atoms with van der Waals surface area (Å²) in [6.45, 7) is 5.29. The summed E-state index contributed by atoms with van der Waals surface area (Å²) in [6.07, 6.45) is -3.01. The van der Waals surface area contributed by atoms with Gasteiger partial charge < -0.3 is 0 Å². The number of rotatable bonds is 1. The zero-order chi connectivity index (χ0) is 10.3. The minimum Gasteiger partial charge on any atom is -0.299 e. The number of halogens is 3. The van der Waals surface area contributed by atoms with Gasteiger partial charge in [-0.3, -0.25) is 5.32 Å². The molecule has 1 aliphatic carbocycles. The molecule has 13 heavy (non-hydrogen) atoms. The van der Waals surface area contributed by atoms with Crippen molar-refractivity contribution in [3.05, 3.63) is 0 Å². The summed E-state index contributed by atoms with van der Waals surface area (Å²) in [7, 11) is 0. The summed E-state index contributed by atoms with van der Waals surface area (Å²) in [6, 6.07) is 0. The molecular formula is C9H16F3N. The molecule has 0 spiro atoms. The Bertz CT molecular complexity index is 186. The zero-order valence-corrected chi connectivity index (χ0v) is 8.26. The molecule has 4 heteroatoms. The molecule has 0 amide bonds. The molecule has 0 aliphatic heterocycles. The second-order valence-electron chi connectivity index (χ2n) is 4.81. The monoisotopic (exact) mass is 195 g/mol. The molecule has 0 aromatic carbocycles. The van der Waals surface area contributed by atoms with E-state index in [2.05, 4.69) is 5.32 Å². The van der Waals surface area contributed by atoms with Crippen molar-refractivity contribution < 1.29 is 13.2 Å². The zero-order valence-electron chi connectivity index (χ0n) is 8.26. The van der Waals surface area contributed by atoms with Gasteiger partial charge in [-0.1, -0.05) is 0 Å². The second kappa shape index (κ2) is 2.87. The maximum absolute atomic E-state index is 12.6. The number of nitrogens with one attached hydrogen (secondary N) is 1. The van der Waals surface area contributed by atoms with Crippen LogP contribution in [-0.4, -0.2) is 17.3 Å². The molecule has 0 unspecified atom stereocenters. The lowest BCUT2D eigenvalue weighted by molar-refractivity contribution is -0.224. The molecule has 0 heterocycles. The smallest absolute Gasteiger partial charge is 0.299 e. The predicted molar refractivity (Wildman–Crippen MR) is 45.5 cm³/mol. The fraction of sp³-hybridized carbons (Fsp3) is 1.00. The molecule has 1 fully saturated rings. The van der Waals surface area contributed by atoms with E-state index in [0.29, 0.717) is 6.42 Å². The van der Waals surface area contributed by atoms with E-state index in [9.17, 15) is 13.2 Å². The number of hydrogen-bond acceptors (Lipinski definition) is 1. The van der Waals surface area contributed by atoms with Crippen molar-refractivity contribution in [2.75, 3.05) is 0 Å². The Morgan fingerprint density at radius 3 is 1.62 bits per heavy atom. The van der Waals surface area contributed by atoms with Crippen LogP contribution in [0.2, 0.25) is 0 Å². The van der Waals surface area contributed by atoms with Crippen molar-refractivity contribution in [1.29, 1.82) is 0 Å². The van der Waals surface area contributed by atoms with Gasteiger partial charge in [0.2, 0.25) is 0 Å². The van der Waals surface area contributed by atoms with Crippen LogP contribution in [0.5, 0.6) is 0 Å². The highest BCUT2D eigenvalue weighted by atomic mass is 19.4. The second-order valence-corrected chi connectivity index (χ2v) is 4.81. The maximum atomic E-state index is 12.6. The van der Waals surface area contributed by atoms with Gasteiger partial charge in [-0.2, -0.15) is 13.2 Å². The van der Waals surface area contributed by atoms with Crippen LogP contribution in [0.3, 0.4) is 0 Å². The van der Waals surface area contributed by atoms with Gasteiger partial charge in [0.1, 0.15) is 5.54 Å². The molecule has 0 saturated heterocycles. The van der Waals surface area contributed by atoms with E-state index in [1.807, 2.05) is 0 Å². The van der Waals surface area contributed by atoms with Crippen molar-refractivity contribution in [2.24, 2.45) is 0 Å². The van der Waals surface area contributed by atoms with Crippen LogP contribution in [0, 0.1) is 0 Å². The van der Waals surface area contributed by atoms with E-state index in [1.54, 1.807) is 20.8 Å². The molecule has 0 bridgehead atoms. The van der Waals surface area contributed by atoms with Crippen LogP contribution in [0.4, 0.5) is 13.2 Å². The molecule has 1 nitrogen and oxygen atoms in total. The Morgan fingerprint density at radius 1 is 1.08 bits per heavy atom. The van der Waals surface area contributed by atoms with E-state index < -0.39 is 17.3 Å². The van der Waals surface area contributed by atoms with Gasteiger partial charge in [-0.25, -0.2) is 0 Å². The maximum Gasteiger partial charge on any atom is 0.406 e. The van der Waals surface area contributed by atoms with Gasteiger partial charge in [0.05, 0.1) is 0 Å². The van der Waals surface area contributed by atoms with Crippen LogP contribution in [-0.2, 0) is 0 Å². The highest BCUT2D eigenvalue weighted by Crippen LogP contribution is 2.46. The summed E-state index contributed by atoms with van der Waals surface area (Å²) in [5.41, 5.74) is -2.08. The minimum absolute atomic E-state index is 0.216. The molecule has 1 N–H and O–H groups in total. The van der Waals surface area contributed by atoms with Gasteiger partial charge in [0, 0.05) is 5.54 Å². The molecule has 0 atom stereocenters. The predicted octanol–water partition coefficient (Wildman–Crippen LogP) is 2.86. The normalized spacial score (nSPS) is 22.6. The van der Waals surface area contributed by atoms with Crippen molar-refractivity contribution in [1.82, 2.24) is 5.32 Å². The van der Waals surface area contributed by atoms with Gasteiger partial charge in [-0.15, -0.1) is 0 Å². The standard InChI is InChI=1S/C9H16F3N/c1-7(2,3)13-8(5-4-6-8)9(10,11)12/h13H,4-6H2,1-3H3. The lowest BCUT2D eigenvalue weighted by Gasteiger charge is -2.47. The topological polar surface area (TPSA) is 12.0 Å². The molecule has 0 radical (unpaired) electrons. The molecule has 78 valence electrons. The van der Waals surface area contributed by atoms with Gasteiger partial charge in [-0.05, 0) is 40.0 Å². The van der Waals surface area contributed by atoms with Gasteiger partial charge in [0.25, 0.3) is 0 Å². The highest BCUT2D eigenvalue weighted by molar-refractivity contribution is 5.04. The fourth-order valence-corrected chi connectivity index (χ4v) is 1.73. The van der Waals surface area contributed by atoms with Crippen LogP contribution in [0.15, 0.2) is 0 Å². The first kappa shape index (κ1) is 10.8. The summed E-state index contributed by atoms with van der Waals surface area (Å²) in [5, 5.41) is 2.68. The molecular weight excluding hydrogens is 179 g/mol. The van der Waals surface area contributed by atoms with E-state index in [1.165, 1.54) is 0 Å². The van der Waals surface area contributed by atoms with E-state index in [0.717, 1.165) is 0 Å². The van der Waals surface area contributed by atoms with Crippen molar-refractivity contribution in [3.8, 4) is 0 Å². The third-order valence-electron chi connectivity index (χ3n) is 2.36. The quantitative estimate of drug-likeness (QED) is 0.678. The van der Waals surface area contributed by atoms with Crippen LogP contribution in [0.25, 0.3) is 0 Å². The Balaban J connectivity index is 2.72. The number of hydrogen-bond donors (Lipinski definition) is 1. The van der Waals surface area contributed by atoms with E-state index >= 15 is 0 Å². The summed E-state index contributed by atoms with van der Waals surface area (Å²) < 4.78 is 37.9. The van der Waals surface area contributed by atoms with Gasteiger partial charge >= 0.3 is 6.18 Å².